The van der Waals surface area contributed by atoms with Crippen LogP contribution in [-0.2, 0) is 14.9 Å². The first-order chi connectivity index (χ1) is 4.06. The zero-order valence-electron chi connectivity index (χ0n) is 4.94. The van der Waals surface area contributed by atoms with Gasteiger partial charge in [0.05, 0.1) is 12.0 Å². The van der Waals surface area contributed by atoms with Crippen LogP contribution in [0.4, 0.5) is 0 Å². The molecule has 0 saturated carbocycles. The maximum atomic E-state index is 9.92. The average Bonchev–Trinajstić information content (AvgIpc) is 1.63. The molecule has 0 aliphatic rings. The summed E-state index contributed by atoms with van der Waals surface area (Å²) in [5.41, 5.74) is 0. The van der Waals surface area contributed by atoms with Gasteiger partial charge in [0.2, 0.25) is 0 Å². The first kappa shape index (κ1) is 8.61. The molecule has 4 nitrogen and oxygen atoms in total. The molecule has 0 fully saturated rings. The highest BCUT2D eigenvalue weighted by Gasteiger charge is 1.92. The second-order valence-electron chi connectivity index (χ2n) is 1.34. The third kappa shape index (κ3) is 7.61. The Balaban J connectivity index is 3.73. The lowest BCUT2D eigenvalue weighted by Crippen LogP contribution is -1.91. The van der Waals surface area contributed by atoms with Gasteiger partial charge in [0.25, 0.3) is 10.1 Å². The third-order valence-corrected chi connectivity index (χ3v) is 1.07. The second-order valence-corrected chi connectivity index (χ2v) is 2.64. The fourth-order valence-corrected chi connectivity index (χ4v) is 0.579. The minimum absolute atomic E-state index is 0.180. The molecule has 0 amide bonds. The summed E-state index contributed by atoms with van der Waals surface area (Å²) in [4.78, 5) is 0. The van der Waals surface area contributed by atoms with Crippen LogP contribution in [0.2, 0.25) is 0 Å². The molecule has 0 aliphatic carbocycles. The molecule has 0 bridgehead atoms. The van der Waals surface area contributed by atoms with Crippen molar-refractivity contribution in [3.8, 4) is 0 Å². The van der Waals surface area contributed by atoms with Crippen LogP contribution in [0.25, 0.3) is 0 Å². The molecule has 0 aromatic heterocycles. The second kappa shape index (κ2) is 3.60. The quantitative estimate of drug-likeness (QED) is 0.580. The zero-order chi connectivity index (χ0) is 7.33. The molecule has 0 spiro atoms. The minimum Gasteiger partial charge on any atom is -0.381 e. The highest BCUT2D eigenvalue weighted by atomic mass is 32.2. The number of ether oxygens (including phenoxy) is 1. The molecule has 0 aliphatic heterocycles. The van der Waals surface area contributed by atoms with Crippen molar-refractivity contribution in [2.45, 2.75) is 0 Å². The minimum atomic E-state index is -3.96. The van der Waals surface area contributed by atoms with Crippen LogP contribution in [0.15, 0.2) is 11.5 Å². The monoisotopic (exact) mass is 152 g/mol. The van der Waals surface area contributed by atoms with Crippen molar-refractivity contribution in [3.63, 3.8) is 0 Å². The van der Waals surface area contributed by atoms with E-state index >= 15 is 0 Å². The Bertz CT molecular complexity index is 179. The molecule has 1 N–H and O–H groups in total. The van der Waals surface area contributed by atoms with Gasteiger partial charge in [-0.05, 0) is 6.08 Å². The number of methoxy groups -OCH3 is 1. The van der Waals surface area contributed by atoms with Gasteiger partial charge in [0.1, 0.15) is 0 Å². The number of hydrogen-bond donors (Lipinski definition) is 1. The first-order valence-corrected chi connectivity index (χ1v) is 3.69. The van der Waals surface area contributed by atoms with Crippen molar-refractivity contribution < 1.29 is 17.7 Å². The average molecular weight is 152 g/mol. The van der Waals surface area contributed by atoms with Gasteiger partial charge in [-0.2, -0.15) is 8.42 Å². The topological polar surface area (TPSA) is 63.6 Å². The van der Waals surface area contributed by atoms with Gasteiger partial charge in [-0.3, -0.25) is 4.55 Å². The predicted octanol–water partition coefficient (Wildman–Crippen LogP) is 0.0343. The van der Waals surface area contributed by atoms with E-state index in [2.05, 4.69) is 4.74 Å². The van der Waals surface area contributed by atoms with Crippen LogP contribution in [0.5, 0.6) is 0 Å². The van der Waals surface area contributed by atoms with Crippen molar-refractivity contribution in [2.24, 2.45) is 0 Å². The molecule has 0 heterocycles. The summed E-state index contributed by atoms with van der Waals surface area (Å²) in [6.45, 7) is 0.180. The summed E-state index contributed by atoms with van der Waals surface area (Å²) in [7, 11) is -2.53. The van der Waals surface area contributed by atoms with E-state index in [0.29, 0.717) is 5.41 Å². The Morgan fingerprint density at radius 3 is 2.56 bits per heavy atom. The lowest BCUT2D eigenvalue weighted by atomic mass is 10.7. The molecule has 9 heavy (non-hydrogen) atoms. The van der Waals surface area contributed by atoms with E-state index in [9.17, 15) is 8.42 Å². The van der Waals surface area contributed by atoms with E-state index in [0.717, 1.165) is 0 Å². The highest BCUT2D eigenvalue weighted by molar-refractivity contribution is 7.88. The van der Waals surface area contributed by atoms with E-state index in [4.69, 9.17) is 4.55 Å². The maximum Gasteiger partial charge on any atom is 0.287 e. The molecule has 0 rings (SSSR count). The maximum absolute atomic E-state index is 9.92. The molecule has 5 heteroatoms. The number of hydrogen-bond acceptors (Lipinski definition) is 3. The Labute approximate surface area is 53.9 Å². The Hall–Kier alpha value is -0.390. The van der Waals surface area contributed by atoms with E-state index in [1.165, 1.54) is 13.2 Å². The van der Waals surface area contributed by atoms with Gasteiger partial charge in [-0.15, -0.1) is 0 Å². The highest BCUT2D eigenvalue weighted by Crippen LogP contribution is 1.83. The Morgan fingerprint density at radius 2 is 2.22 bits per heavy atom. The normalized spacial score (nSPS) is 12.7. The standard InChI is InChI=1S/C4H8O4S/c1-8-3-2-4-9(5,6)7/h2,4H,3H2,1H3,(H,5,6,7). The van der Waals surface area contributed by atoms with Gasteiger partial charge in [0.15, 0.2) is 0 Å². The van der Waals surface area contributed by atoms with E-state index in [1.54, 1.807) is 0 Å². The number of rotatable bonds is 3. The molecule has 0 aromatic carbocycles. The van der Waals surface area contributed by atoms with Crippen molar-refractivity contribution in [1.82, 2.24) is 0 Å². The van der Waals surface area contributed by atoms with Crippen LogP contribution < -0.4 is 0 Å². The lowest BCUT2D eigenvalue weighted by molar-refractivity contribution is 0.234. The molecule has 0 aromatic rings. The van der Waals surface area contributed by atoms with Gasteiger partial charge in [-0.1, -0.05) is 0 Å². The van der Waals surface area contributed by atoms with Gasteiger partial charge < -0.3 is 4.74 Å². The van der Waals surface area contributed by atoms with E-state index < -0.39 is 10.1 Å². The SMILES string of the molecule is COCC=CS(=O)(=O)O. The van der Waals surface area contributed by atoms with Crippen LogP contribution in [-0.4, -0.2) is 26.7 Å². The van der Waals surface area contributed by atoms with Crippen LogP contribution in [0.1, 0.15) is 0 Å². The van der Waals surface area contributed by atoms with Crippen molar-refractivity contribution in [3.05, 3.63) is 11.5 Å². The van der Waals surface area contributed by atoms with Gasteiger partial charge >= 0.3 is 0 Å². The fraction of sp³-hybridized carbons (Fsp3) is 0.500. The molecular weight excluding hydrogens is 144 g/mol. The molecule has 0 unspecified atom stereocenters. The fourth-order valence-electron chi connectivity index (χ4n) is 0.257. The summed E-state index contributed by atoms with van der Waals surface area (Å²) in [6.07, 6.45) is 1.20. The molecule has 54 valence electrons. The third-order valence-electron chi connectivity index (χ3n) is 0.531. The van der Waals surface area contributed by atoms with Crippen LogP contribution in [0, 0.1) is 0 Å². The summed E-state index contributed by atoms with van der Waals surface area (Å²) < 4.78 is 32.4. The van der Waals surface area contributed by atoms with Gasteiger partial charge in [0, 0.05) is 7.11 Å². The van der Waals surface area contributed by atoms with Crippen LogP contribution >= 0.6 is 0 Å². The smallest absolute Gasteiger partial charge is 0.287 e. The zero-order valence-corrected chi connectivity index (χ0v) is 5.76. The van der Waals surface area contributed by atoms with Gasteiger partial charge in [-0.25, -0.2) is 0 Å². The predicted molar refractivity (Wildman–Crippen MR) is 32.6 cm³/mol. The lowest BCUT2D eigenvalue weighted by Gasteiger charge is -1.85. The summed E-state index contributed by atoms with van der Waals surface area (Å²) in [5, 5.41) is 0.677. The largest absolute Gasteiger partial charge is 0.381 e. The van der Waals surface area contributed by atoms with Crippen molar-refractivity contribution in [2.75, 3.05) is 13.7 Å². The summed E-state index contributed by atoms with van der Waals surface area (Å²) in [5.74, 6) is 0. The van der Waals surface area contributed by atoms with Crippen molar-refractivity contribution in [1.29, 1.82) is 0 Å². The van der Waals surface area contributed by atoms with Crippen LogP contribution in [0.3, 0.4) is 0 Å². The summed E-state index contributed by atoms with van der Waals surface area (Å²) >= 11 is 0. The molecule has 0 radical (unpaired) electrons. The summed E-state index contributed by atoms with van der Waals surface area (Å²) in [6, 6.07) is 0. The molecule has 0 atom stereocenters. The van der Waals surface area contributed by atoms with Crippen molar-refractivity contribution >= 4 is 10.1 Å². The molecule has 0 saturated heterocycles. The first-order valence-electron chi connectivity index (χ1n) is 2.19. The van der Waals surface area contributed by atoms with E-state index in [-0.39, 0.29) is 6.61 Å². The Morgan fingerprint density at radius 1 is 1.67 bits per heavy atom. The molecular formula is C4H8O4S. The van der Waals surface area contributed by atoms with E-state index in [1.807, 2.05) is 0 Å². The Kier molecular flexibility index (Phi) is 3.44.